The van der Waals surface area contributed by atoms with Gasteiger partial charge in [-0.1, -0.05) is 0 Å². The molecule has 3 N–H and O–H groups in total. The molecular formula is C7H6N2O6S3. The molecule has 0 atom stereocenters. The normalized spacial score (nSPS) is 13.1. The second-order valence-corrected chi connectivity index (χ2v) is 6.56. The number of H-pyrrole nitrogens is 1. The number of hydrogen-bond acceptors (Lipinski definition) is 6. The fourth-order valence-corrected chi connectivity index (χ4v) is 2.91. The molecule has 0 saturated carbocycles. The van der Waals surface area contributed by atoms with E-state index in [1.54, 1.807) is 0 Å². The van der Waals surface area contributed by atoms with Gasteiger partial charge in [-0.05, 0) is 12.1 Å². The van der Waals surface area contributed by atoms with Crippen LogP contribution in [0.3, 0.4) is 0 Å². The van der Waals surface area contributed by atoms with E-state index in [4.69, 9.17) is 9.11 Å². The zero-order valence-electron chi connectivity index (χ0n) is 8.39. The Balaban J connectivity index is 2.99. The van der Waals surface area contributed by atoms with Crippen molar-refractivity contribution in [1.82, 2.24) is 9.97 Å². The summed E-state index contributed by atoms with van der Waals surface area (Å²) in [5.74, 6) is 0. The fraction of sp³-hybridized carbons (Fsp3) is 0. The van der Waals surface area contributed by atoms with Gasteiger partial charge < -0.3 is 4.98 Å². The number of benzene rings is 1. The highest BCUT2D eigenvalue weighted by Crippen LogP contribution is 2.26. The third kappa shape index (κ3) is 2.35. The first-order valence-electron chi connectivity index (χ1n) is 4.27. The molecule has 2 rings (SSSR count). The average Bonchev–Trinajstić information content (AvgIpc) is 2.52. The van der Waals surface area contributed by atoms with Gasteiger partial charge in [0.1, 0.15) is 4.90 Å². The van der Waals surface area contributed by atoms with Crippen molar-refractivity contribution < 1.29 is 25.9 Å². The Bertz CT molecular complexity index is 835. The van der Waals surface area contributed by atoms with Gasteiger partial charge >= 0.3 is 0 Å². The summed E-state index contributed by atoms with van der Waals surface area (Å²) in [6, 6.07) is 1.58. The topological polar surface area (TPSA) is 137 Å². The Labute approximate surface area is 107 Å². The van der Waals surface area contributed by atoms with Gasteiger partial charge in [0.25, 0.3) is 20.2 Å². The van der Waals surface area contributed by atoms with E-state index in [9.17, 15) is 16.8 Å². The summed E-state index contributed by atoms with van der Waals surface area (Å²) in [7, 11) is -9.30. The third-order valence-electron chi connectivity index (χ3n) is 2.09. The van der Waals surface area contributed by atoms with Crippen LogP contribution in [-0.4, -0.2) is 35.9 Å². The van der Waals surface area contributed by atoms with Crippen LogP contribution in [0.1, 0.15) is 0 Å². The van der Waals surface area contributed by atoms with Crippen molar-refractivity contribution in [1.29, 1.82) is 0 Å². The number of nitrogens with zero attached hydrogens (tertiary/aromatic N) is 1. The number of imidazole rings is 1. The minimum atomic E-state index is -4.68. The lowest BCUT2D eigenvalue weighted by atomic mass is 10.3. The molecule has 0 bridgehead atoms. The van der Waals surface area contributed by atoms with Crippen molar-refractivity contribution >= 4 is 43.9 Å². The van der Waals surface area contributed by atoms with Crippen molar-refractivity contribution in [2.45, 2.75) is 14.9 Å². The first-order chi connectivity index (χ1) is 8.09. The van der Waals surface area contributed by atoms with Gasteiger partial charge in [-0.3, -0.25) is 9.11 Å². The van der Waals surface area contributed by atoms with Crippen molar-refractivity contribution in [3.63, 3.8) is 0 Å². The minimum absolute atomic E-state index is 0.0300. The monoisotopic (exact) mass is 310 g/mol. The van der Waals surface area contributed by atoms with Gasteiger partial charge in [0.05, 0.1) is 15.9 Å². The summed E-state index contributed by atoms with van der Waals surface area (Å²) >= 11 is 3.84. The maximum absolute atomic E-state index is 11.1. The van der Waals surface area contributed by atoms with Crippen LogP contribution in [0.2, 0.25) is 0 Å². The highest BCUT2D eigenvalue weighted by molar-refractivity contribution is 7.86. The molecule has 0 spiro atoms. The first kappa shape index (κ1) is 13.3. The van der Waals surface area contributed by atoms with Crippen LogP contribution in [0, 0.1) is 0 Å². The number of fused-ring (bicyclic) bond motifs is 1. The predicted octanol–water partition coefficient (Wildman–Crippen LogP) is 0.345. The molecule has 0 aliphatic carbocycles. The highest BCUT2D eigenvalue weighted by Gasteiger charge is 2.22. The number of aromatic amines is 1. The molecule has 0 unspecified atom stereocenters. The van der Waals surface area contributed by atoms with E-state index in [2.05, 4.69) is 22.6 Å². The Morgan fingerprint density at radius 1 is 1.11 bits per heavy atom. The first-order valence-corrected chi connectivity index (χ1v) is 7.59. The minimum Gasteiger partial charge on any atom is -0.332 e. The Hall–Kier alpha value is -1.14. The number of hydrogen-bond donors (Lipinski definition) is 4. The third-order valence-corrected chi connectivity index (χ3v) is 4.01. The average molecular weight is 310 g/mol. The number of nitrogens with one attached hydrogen (secondary N) is 1. The fourth-order valence-electron chi connectivity index (χ4n) is 1.40. The van der Waals surface area contributed by atoms with Gasteiger partial charge in [-0.15, -0.1) is 12.6 Å². The molecule has 2 aromatic rings. The standard InChI is InChI=1S/C7H6N2O6S3/c10-17(11,12)3-1-4-6(9-7(16)8-4)5(2-3)18(13,14)15/h1-2H,(H2,8,9,16)(H,10,11,12)(H,13,14,15). The smallest absolute Gasteiger partial charge is 0.296 e. The lowest BCUT2D eigenvalue weighted by molar-refractivity contribution is 0.482. The molecule has 0 fully saturated rings. The molecule has 0 aliphatic heterocycles. The van der Waals surface area contributed by atoms with E-state index >= 15 is 0 Å². The van der Waals surface area contributed by atoms with E-state index in [0.29, 0.717) is 6.07 Å². The molecule has 0 radical (unpaired) electrons. The Morgan fingerprint density at radius 2 is 1.72 bits per heavy atom. The molecule has 18 heavy (non-hydrogen) atoms. The summed E-state index contributed by atoms with van der Waals surface area (Å²) in [5, 5.41) is 0.0300. The van der Waals surface area contributed by atoms with Gasteiger partial charge in [0, 0.05) is 0 Å². The van der Waals surface area contributed by atoms with Gasteiger partial charge in [-0.25, -0.2) is 4.98 Å². The number of rotatable bonds is 2. The van der Waals surface area contributed by atoms with Gasteiger partial charge in [0.15, 0.2) is 5.16 Å². The molecule has 11 heteroatoms. The predicted molar refractivity (Wildman–Crippen MR) is 63.0 cm³/mol. The second-order valence-electron chi connectivity index (χ2n) is 3.33. The quantitative estimate of drug-likeness (QED) is 0.463. The van der Waals surface area contributed by atoms with Crippen molar-refractivity contribution in [2.24, 2.45) is 0 Å². The summed E-state index contributed by atoms with van der Waals surface area (Å²) < 4.78 is 62.1. The maximum atomic E-state index is 11.1. The van der Waals surface area contributed by atoms with Crippen LogP contribution >= 0.6 is 12.6 Å². The van der Waals surface area contributed by atoms with Crippen LogP contribution < -0.4 is 0 Å². The van der Waals surface area contributed by atoms with Crippen LogP contribution in [0.4, 0.5) is 0 Å². The van der Waals surface area contributed by atoms with Crippen LogP contribution in [0.15, 0.2) is 27.1 Å². The molecule has 1 heterocycles. The largest absolute Gasteiger partial charge is 0.332 e. The van der Waals surface area contributed by atoms with Crippen molar-refractivity contribution in [3.05, 3.63) is 12.1 Å². The highest BCUT2D eigenvalue weighted by atomic mass is 32.2. The van der Waals surface area contributed by atoms with E-state index < -0.39 is 30.0 Å². The molecule has 0 aliphatic rings. The van der Waals surface area contributed by atoms with E-state index in [-0.39, 0.29) is 16.2 Å². The summed E-state index contributed by atoms with van der Waals surface area (Å²) in [6.45, 7) is 0. The van der Waals surface area contributed by atoms with Crippen LogP contribution in [-0.2, 0) is 20.2 Å². The molecular weight excluding hydrogens is 304 g/mol. The summed E-state index contributed by atoms with van der Waals surface area (Å²) in [4.78, 5) is 4.77. The van der Waals surface area contributed by atoms with E-state index in [1.807, 2.05) is 0 Å². The Kier molecular flexibility index (Phi) is 2.90. The van der Waals surface area contributed by atoms with Gasteiger partial charge in [-0.2, -0.15) is 16.8 Å². The lowest BCUT2D eigenvalue weighted by Crippen LogP contribution is -2.04. The number of thiol groups is 1. The molecule has 0 amide bonds. The van der Waals surface area contributed by atoms with E-state index in [1.165, 1.54) is 0 Å². The van der Waals surface area contributed by atoms with Crippen molar-refractivity contribution in [2.75, 3.05) is 0 Å². The van der Waals surface area contributed by atoms with Crippen LogP contribution in [0.25, 0.3) is 11.0 Å². The number of aromatic nitrogens is 2. The summed E-state index contributed by atoms with van der Waals surface area (Å²) in [6.07, 6.45) is 0. The SMILES string of the molecule is O=S(=O)(O)c1cc(S(=O)(=O)O)c2[nH]c(S)nc2c1. The molecule has 1 aromatic carbocycles. The second kappa shape index (κ2) is 3.93. The Morgan fingerprint density at radius 3 is 2.22 bits per heavy atom. The molecule has 1 aromatic heterocycles. The van der Waals surface area contributed by atoms with Crippen LogP contribution in [0.5, 0.6) is 0 Å². The molecule has 98 valence electrons. The summed E-state index contributed by atoms with van der Waals surface area (Å²) in [5.41, 5.74) is -0.169. The zero-order valence-corrected chi connectivity index (χ0v) is 10.9. The van der Waals surface area contributed by atoms with E-state index in [0.717, 1.165) is 6.07 Å². The van der Waals surface area contributed by atoms with Gasteiger partial charge in [0.2, 0.25) is 0 Å². The zero-order chi connectivity index (χ0) is 13.7. The molecule has 8 nitrogen and oxygen atoms in total. The molecule has 0 saturated heterocycles. The van der Waals surface area contributed by atoms with Crippen molar-refractivity contribution in [3.8, 4) is 0 Å². The maximum Gasteiger partial charge on any atom is 0.296 e. The lowest BCUT2D eigenvalue weighted by Gasteiger charge is -2.02.